The lowest BCUT2D eigenvalue weighted by atomic mass is 9.86. The molecule has 0 bridgehead atoms. The summed E-state index contributed by atoms with van der Waals surface area (Å²) in [5, 5.41) is 3.02. The first-order valence-electron chi connectivity index (χ1n) is 9.77. The van der Waals surface area contributed by atoms with Gasteiger partial charge in [-0.2, -0.15) is 0 Å². The summed E-state index contributed by atoms with van der Waals surface area (Å²) in [6, 6.07) is 6.12. The van der Waals surface area contributed by atoms with Gasteiger partial charge in [-0.05, 0) is 68.2 Å². The maximum absolute atomic E-state index is 12.3. The Bertz CT molecular complexity index is 657. The number of hydrogen-bond donors (Lipinski definition) is 1. The van der Waals surface area contributed by atoms with Crippen molar-refractivity contribution in [1.29, 1.82) is 0 Å². The van der Waals surface area contributed by atoms with E-state index in [2.05, 4.69) is 18.3 Å². The van der Waals surface area contributed by atoms with Gasteiger partial charge >= 0.3 is 5.97 Å². The van der Waals surface area contributed by atoms with E-state index >= 15 is 0 Å². The normalized spacial score (nSPS) is 23.0. The summed E-state index contributed by atoms with van der Waals surface area (Å²) in [5.41, 5.74) is 2.66. The van der Waals surface area contributed by atoms with E-state index in [1.165, 1.54) is 24.0 Å². The highest BCUT2D eigenvalue weighted by molar-refractivity contribution is 5.83. The molecule has 0 saturated heterocycles. The molecule has 3 atom stereocenters. The Balaban J connectivity index is 1.42. The number of hydrogen-bond acceptors (Lipinski definition) is 4. The van der Waals surface area contributed by atoms with Gasteiger partial charge in [-0.3, -0.25) is 4.79 Å². The Kier molecular flexibility index (Phi) is 6.17. The maximum Gasteiger partial charge on any atom is 0.344 e. The van der Waals surface area contributed by atoms with Crippen LogP contribution in [0.1, 0.15) is 57.1 Å². The van der Waals surface area contributed by atoms with Crippen LogP contribution in [0.3, 0.4) is 0 Å². The van der Waals surface area contributed by atoms with E-state index in [1.807, 2.05) is 12.1 Å². The van der Waals surface area contributed by atoms with Gasteiger partial charge in [-0.15, -0.1) is 0 Å². The largest absolute Gasteiger partial charge is 0.482 e. The molecule has 0 aliphatic heterocycles. The van der Waals surface area contributed by atoms with Crippen LogP contribution in [0.25, 0.3) is 0 Å². The molecule has 2 aliphatic rings. The average molecular weight is 359 g/mol. The number of benzene rings is 1. The predicted molar refractivity (Wildman–Crippen MR) is 99.1 cm³/mol. The third-order valence-corrected chi connectivity index (χ3v) is 5.54. The minimum atomic E-state index is -0.805. The zero-order valence-electron chi connectivity index (χ0n) is 15.8. The highest BCUT2D eigenvalue weighted by Gasteiger charge is 2.26. The van der Waals surface area contributed by atoms with Crippen LogP contribution in [0.15, 0.2) is 18.2 Å². The third kappa shape index (κ3) is 4.77. The summed E-state index contributed by atoms with van der Waals surface area (Å²) in [4.78, 5) is 24.3. The Morgan fingerprint density at radius 2 is 1.92 bits per heavy atom. The Morgan fingerprint density at radius 1 is 1.15 bits per heavy atom. The van der Waals surface area contributed by atoms with Crippen LogP contribution in [-0.2, 0) is 27.2 Å². The molecule has 5 heteroatoms. The lowest BCUT2D eigenvalue weighted by Crippen LogP contribution is -2.46. The van der Waals surface area contributed by atoms with Crippen LogP contribution < -0.4 is 10.1 Å². The van der Waals surface area contributed by atoms with Crippen LogP contribution in [0.2, 0.25) is 0 Å². The molecule has 1 saturated carbocycles. The molecule has 0 aromatic heterocycles. The fourth-order valence-electron chi connectivity index (χ4n) is 3.90. The summed E-state index contributed by atoms with van der Waals surface area (Å²) in [6.45, 7) is 3.58. The maximum atomic E-state index is 12.3. The molecule has 3 rings (SSSR count). The number of carbonyl (C=O) groups is 2. The molecule has 0 heterocycles. The van der Waals surface area contributed by atoms with Crippen LogP contribution in [0, 0.1) is 5.92 Å². The van der Waals surface area contributed by atoms with E-state index in [-0.39, 0.29) is 18.6 Å². The average Bonchev–Trinajstić information content (AvgIpc) is 3.09. The van der Waals surface area contributed by atoms with E-state index in [0.29, 0.717) is 11.7 Å². The van der Waals surface area contributed by atoms with Crippen LogP contribution in [0.4, 0.5) is 0 Å². The van der Waals surface area contributed by atoms with Crippen molar-refractivity contribution in [3.63, 3.8) is 0 Å². The Morgan fingerprint density at radius 3 is 2.73 bits per heavy atom. The van der Waals surface area contributed by atoms with Crippen molar-refractivity contribution in [2.45, 2.75) is 70.9 Å². The van der Waals surface area contributed by atoms with Gasteiger partial charge in [0.25, 0.3) is 5.91 Å². The molecule has 0 radical (unpaired) electrons. The molecule has 2 aliphatic carbocycles. The van der Waals surface area contributed by atoms with Crippen LogP contribution >= 0.6 is 0 Å². The molecule has 1 amide bonds. The summed E-state index contributed by atoms with van der Waals surface area (Å²) in [7, 11) is 0. The fourth-order valence-corrected chi connectivity index (χ4v) is 3.90. The Hall–Kier alpha value is -2.04. The third-order valence-electron chi connectivity index (χ3n) is 5.54. The lowest BCUT2D eigenvalue weighted by Gasteiger charge is -2.30. The van der Waals surface area contributed by atoms with Gasteiger partial charge in [0.05, 0.1) is 0 Å². The van der Waals surface area contributed by atoms with Gasteiger partial charge in [0.2, 0.25) is 0 Å². The van der Waals surface area contributed by atoms with Crippen molar-refractivity contribution in [3.05, 3.63) is 29.3 Å². The number of esters is 1. The first kappa shape index (κ1) is 18.7. The number of carbonyl (C=O) groups excluding carboxylic acids is 2. The minimum Gasteiger partial charge on any atom is -0.482 e. The predicted octanol–water partition coefficient (Wildman–Crippen LogP) is 3.18. The van der Waals surface area contributed by atoms with Gasteiger partial charge in [-0.25, -0.2) is 4.79 Å². The van der Waals surface area contributed by atoms with Crippen molar-refractivity contribution < 1.29 is 19.1 Å². The first-order valence-corrected chi connectivity index (χ1v) is 9.77. The SMILES string of the molecule is C[C@@H](OC(=O)COc1ccc2c(c1)CCC2)C(=O)N[C@@H]1CCCC[C@@H]1C. The quantitative estimate of drug-likeness (QED) is 0.793. The second-order valence-corrected chi connectivity index (χ2v) is 7.58. The van der Waals surface area contributed by atoms with E-state index < -0.39 is 12.1 Å². The van der Waals surface area contributed by atoms with Crippen molar-refractivity contribution in [2.24, 2.45) is 5.92 Å². The van der Waals surface area contributed by atoms with Gasteiger partial charge in [-0.1, -0.05) is 25.8 Å². The molecular formula is C21H29NO4. The van der Waals surface area contributed by atoms with Gasteiger partial charge in [0, 0.05) is 6.04 Å². The van der Waals surface area contributed by atoms with E-state index in [1.54, 1.807) is 6.92 Å². The van der Waals surface area contributed by atoms with E-state index in [9.17, 15) is 9.59 Å². The smallest absolute Gasteiger partial charge is 0.344 e. The molecule has 5 nitrogen and oxygen atoms in total. The number of ether oxygens (including phenoxy) is 2. The van der Waals surface area contributed by atoms with E-state index in [4.69, 9.17) is 9.47 Å². The zero-order valence-corrected chi connectivity index (χ0v) is 15.8. The summed E-state index contributed by atoms with van der Waals surface area (Å²) >= 11 is 0. The van der Waals surface area contributed by atoms with Crippen molar-refractivity contribution in [2.75, 3.05) is 6.61 Å². The van der Waals surface area contributed by atoms with Crippen molar-refractivity contribution >= 4 is 11.9 Å². The minimum absolute atomic E-state index is 0.181. The number of rotatable bonds is 6. The molecule has 26 heavy (non-hydrogen) atoms. The molecule has 1 N–H and O–H groups in total. The molecule has 142 valence electrons. The summed E-state index contributed by atoms with van der Waals surface area (Å²) in [6.07, 6.45) is 7.03. The fraction of sp³-hybridized carbons (Fsp3) is 0.619. The standard InChI is InChI=1S/C21H29NO4/c1-14-6-3-4-9-19(14)22-21(24)15(2)26-20(23)13-25-18-11-10-16-7-5-8-17(16)12-18/h10-12,14-15,19H,3-9,13H2,1-2H3,(H,22,24)/t14-,15+,19+/m0/s1. The topological polar surface area (TPSA) is 64.6 Å². The van der Waals surface area contributed by atoms with Gasteiger partial charge in [0.1, 0.15) is 5.75 Å². The number of nitrogens with one attached hydrogen (secondary N) is 1. The summed E-state index contributed by atoms with van der Waals surface area (Å²) < 4.78 is 10.8. The van der Waals surface area contributed by atoms with Crippen molar-refractivity contribution in [1.82, 2.24) is 5.32 Å². The van der Waals surface area contributed by atoms with E-state index in [0.717, 1.165) is 32.1 Å². The zero-order chi connectivity index (χ0) is 18.5. The number of amides is 1. The van der Waals surface area contributed by atoms with Gasteiger partial charge < -0.3 is 14.8 Å². The lowest BCUT2D eigenvalue weighted by molar-refractivity contribution is -0.157. The molecule has 1 aromatic carbocycles. The number of aryl methyl sites for hydroxylation is 2. The van der Waals surface area contributed by atoms with Gasteiger partial charge in [0.15, 0.2) is 12.7 Å². The second kappa shape index (κ2) is 8.56. The molecule has 1 fully saturated rings. The monoisotopic (exact) mass is 359 g/mol. The number of fused-ring (bicyclic) bond motifs is 1. The van der Waals surface area contributed by atoms with Crippen LogP contribution in [0.5, 0.6) is 5.75 Å². The highest BCUT2D eigenvalue weighted by Crippen LogP contribution is 2.26. The Labute approximate surface area is 155 Å². The molecule has 0 spiro atoms. The summed E-state index contributed by atoms with van der Waals surface area (Å²) in [5.74, 6) is 0.397. The second-order valence-electron chi connectivity index (χ2n) is 7.58. The molecule has 0 unspecified atom stereocenters. The van der Waals surface area contributed by atoms with Crippen molar-refractivity contribution in [3.8, 4) is 5.75 Å². The molecular weight excluding hydrogens is 330 g/mol. The molecule has 1 aromatic rings. The first-order chi connectivity index (χ1) is 12.5. The van der Waals surface area contributed by atoms with Crippen LogP contribution in [-0.4, -0.2) is 30.6 Å². The highest BCUT2D eigenvalue weighted by atomic mass is 16.6.